The molecule has 0 bridgehead atoms. The van der Waals surface area contributed by atoms with Crippen LogP contribution in [0.15, 0.2) is 42.5 Å². The van der Waals surface area contributed by atoms with Crippen LogP contribution in [0, 0.1) is 12.7 Å². The second-order valence-electron chi connectivity index (χ2n) is 7.33. The minimum absolute atomic E-state index is 0.125. The topological polar surface area (TPSA) is 90.4 Å². The van der Waals surface area contributed by atoms with Crippen molar-refractivity contribution in [3.63, 3.8) is 0 Å². The van der Waals surface area contributed by atoms with Gasteiger partial charge < -0.3 is 20.6 Å². The highest BCUT2D eigenvalue weighted by molar-refractivity contribution is 6.33. The molecule has 0 saturated carbocycles. The Morgan fingerprint density at radius 2 is 2.06 bits per heavy atom. The van der Waals surface area contributed by atoms with Crippen LogP contribution in [0.3, 0.4) is 0 Å². The molecule has 1 aromatic heterocycles. The van der Waals surface area contributed by atoms with Crippen LogP contribution < -0.4 is 15.5 Å². The number of aromatic nitrogens is 2. The third kappa shape index (κ3) is 4.04. The fourth-order valence-electron chi connectivity index (χ4n) is 3.46. The lowest BCUT2D eigenvalue weighted by Gasteiger charge is -2.32. The molecule has 0 saturated heterocycles. The van der Waals surface area contributed by atoms with E-state index in [0.717, 1.165) is 0 Å². The van der Waals surface area contributed by atoms with Crippen LogP contribution in [-0.4, -0.2) is 40.3 Å². The maximum absolute atomic E-state index is 13.7. The van der Waals surface area contributed by atoms with Crippen molar-refractivity contribution in [3.05, 3.63) is 64.4 Å². The molecule has 0 radical (unpaired) electrons. The Hall–Kier alpha value is -3.23. The molecule has 1 aliphatic rings. The van der Waals surface area contributed by atoms with Gasteiger partial charge in [-0.3, -0.25) is 4.79 Å². The van der Waals surface area contributed by atoms with Crippen LogP contribution in [0.25, 0.3) is 11.3 Å². The van der Waals surface area contributed by atoms with E-state index in [2.05, 4.69) is 20.6 Å². The highest BCUT2D eigenvalue weighted by Crippen LogP contribution is 2.38. The van der Waals surface area contributed by atoms with Gasteiger partial charge in [0, 0.05) is 11.6 Å². The average Bonchev–Trinajstić information content (AvgIpc) is 2.74. The van der Waals surface area contributed by atoms with Crippen molar-refractivity contribution in [1.29, 1.82) is 0 Å². The Morgan fingerprint density at radius 3 is 2.77 bits per heavy atom. The number of para-hydroxylation sites is 1. The molecule has 1 aliphatic heterocycles. The largest absolute Gasteiger partial charge is 0.394 e. The van der Waals surface area contributed by atoms with E-state index in [1.807, 2.05) is 18.2 Å². The van der Waals surface area contributed by atoms with Crippen LogP contribution in [0.2, 0.25) is 5.02 Å². The molecule has 9 heteroatoms. The van der Waals surface area contributed by atoms with Gasteiger partial charge in [-0.25, -0.2) is 9.37 Å². The molecule has 1 atom stereocenters. The van der Waals surface area contributed by atoms with E-state index < -0.39 is 0 Å². The number of anilines is 3. The average molecular weight is 442 g/mol. The molecule has 0 aliphatic carbocycles. The van der Waals surface area contributed by atoms with Gasteiger partial charge in [-0.05, 0) is 49.7 Å². The number of aryl methyl sites for hydroxylation is 1. The molecule has 31 heavy (non-hydrogen) atoms. The van der Waals surface area contributed by atoms with E-state index in [-0.39, 0.29) is 42.6 Å². The van der Waals surface area contributed by atoms with Gasteiger partial charge >= 0.3 is 0 Å². The molecule has 0 fully saturated rings. The highest BCUT2D eigenvalue weighted by Gasteiger charge is 2.32. The number of amides is 1. The van der Waals surface area contributed by atoms with Crippen LogP contribution in [-0.2, 0) is 0 Å². The summed E-state index contributed by atoms with van der Waals surface area (Å²) in [5.41, 5.74) is 2.54. The summed E-state index contributed by atoms with van der Waals surface area (Å²) < 4.78 is 13.7. The molecule has 1 amide bonds. The Morgan fingerprint density at radius 1 is 1.29 bits per heavy atom. The number of halogens is 2. The molecular weight excluding hydrogens is 421 g/mol. The molecule has 0 unspecified atom stereocenters. The van der Waals surface area contributed by atoms with Gasteiger partial charge in [0.1, 0.15) is 11.4 Å². The van der Waals surface area contributed by atoms with Crippen LogP contribution in [0.1, 0.15) is 22.8 Å². The molecule has 3 aromatic rings. The molecule has 2 aromatic carbocycles. The maximum atomic E-state index is 13.7. The van der Waals surface area contributed by atoms with Gasteiger partial charge in [-0.15, -0.1) is 0 Å². The van der Waals surface area contributed by atoms with Crippen molar-refractivity contribution >= 4 is 35.0 Å². The molecule has 160 valence electrons. The summed E-state index contributed by atoms with van der Waals surface area (Å²) in [6, 6.07) is 11.2. The SMILES string of the molecule is Cc1cc(F)ccc1-c1nc(N[C@H](C)CO)nc2c1C(=O)NCN2c1ccccc1Cl. The minimum atomic E-state index is -0.376. The monoisotopic (exact) mass is 441 g/mol. The molecule has 3 N–H and O–H groups in total. The lowest BCUT2D eigenvalue weighted by atomic mass is 9.99. The van der Waals surface area contributed by atoms with E-state index in [4.69, 9.17) is 11.6 Å². The number of rotatable bonds is 5. The third-order valence-corrected chi connectivity index (χ3v) is 5.33. The first-order chi connectivity index (χ1) is 14.9. The number of hydrogen-bond donors (Lipinski definition) is 3. The first-order valence-electron chi connectivity index (χ1n) is 9.75. The van der Waals surface area contributed by atoms with Gasteiger partial charge in [-0.1, -0.05) is 23.7 Å². The second-order valence-corrected chi connectivity index (χ2v) is 7.73. The van der Waals surface area contributed by atoms with Crippen molar-refractivity contribution in [2.75, 3.05) is 23.5 Å². The van der Waals surface area contributed by atoms with Crippen molar-refractivity contribution in [1.82, 2.24) is 15.3 Å². The van der Waals surface area contributed by atoms with Gasteiger partial charge in [0.15, 0.2) is 5.82 Å². The van der Waals surface area contributed by atoms with Gasteiger partial charge in [0.25, 0.3) is 5.91 Å². The Labute approximate surface area is 183 Å². The lowest BCUT2D eigenvalue weighted by molar-refractivity contribution is 0.0949. The van der Waals surface area contributed by atoms with Gasteiger partial charge in [0.05, 0.1) is 29.7 Å². The zero-order valence-corrected chi connectivity index (χ0v) is 17.7. The summed E-state index contributed by atoms with van der Waals surface area (Å²) >= 11 is 6.42. The number of nitrogens with zero attached hydrogens (tertiary/aromatic N) is 3. The van der Waals surface area contributed by atoms with Crippen molar-refractivity contribution in [2.45, 2.75) is 19.9 Å². The quantitative estimate of drug-likeness (QED) is 0.556. The zero-order valence-electron chi connectivity index (χ0n) is 17.0. The number of fused-ring (bicyclic) bond motifs is 1. The normalized spacial score (nSPS) is 14.1. The van der Waals surface area contributed by atoms with E-state index >= 15 is 0 Å². The number of carbonyl (C=O) groups is 1. The van der Waals surface area contributed by atoms with E-state index in [1.165, 1.54) is 12.1 Å². The zero-order chi connectivity index (χ0) is 22.1. The number of nitrogens with one attached hydrogen (secondary N) is 2. The lowest BCUT2D eigenvalue weighted by Crippen LogP contribution is -2.42. The van der Waals surface area contributed by atoms with Crippen LogP contribution in [0.4, 0.5) is 21.8 Å². The summed E-state index contributed by atoms with van der Waals surface area (Å²) in [5, 5.41) is 15.8. The highest BCUT2D eigenvalue weighted by atomic mass is 35.5. The van der Waals surface area contributed by atoms with Crippen molar-refractivity contribution in [3.8, 4) is 11.3 Å². The first-order valence-corrected chi connectivity index (χ1v) is 10.1. The van der Waals surface area contributed by atoms with Crippen molar-refractivity contribution in [2.24, 2.45) is 0 Å². The summed E-state index contributed by atoms with van der Waals surface area (Å²) in [7, 11) is 0. The smallest absolute Gasteiger partial charge is 0.258 e. The number of aliphatic hydroxyl groups is 1. The number of carbonyl (C=O) groups excluding carboxylic acids is 1. The summed E-state index contributed by atoms with van der Waals surface area (Å²) in [5.74, 6) is -0.0960. The second kappa shape index (κ2) is 8.49. The predicted molar refractivity (Wildman–Crippen MR) is 118 cm³/mol. The molecule has 2 heterocycles. The number of hydrogen-bond acceptors (Lipinski definition) is 6. The molecule has 0 spiro atoms. The standard InChI is InChI=1S/C22H21ClFN5O2/c1-12-9-14(24)7-8-15(12)19-18-20(28-22(27-19)26-13(2)10-30)29(11-25-21(18)31)17-6-4-3-5-16(17)23/h3-9,13,30H,10-11H2,1-2H3,(H,25,31)(H,26,27,28)/t13-/m1/s1. The Bertz CT molecular complexity index is 1160. The minimum Gasteiger partial charge on any atom is -0.394 e. The maximum Gasteiger partial charge on any atom is 0.258 e. The summed E-state index contributed by atoms with van der Waals surface area (Å²) in [6.45, 7) is 3.58. The Kier molecular flexibility index (Phi) is 5.75. The Balaban J connectivity index is 1.97. The van der Waals surface area contributed by atoms with Gasteiger partial charge in [-0.2, -0.15) is 4.98 Å². The van der Waals surface area contributed by atoms with E-state index in [1.54, 1.807) is 30.9 Å². The fraction of sp³-hybridized carbons (Fsp3) is 0.227. The van der Waals surface area contributed by atoms with Crippen molar-refractivity contribution < 1.29 is 14.3 Å². The third-order valence-electron chi connectivity index (χ3n) is 5.01. The van der Waals surface area contributed by atoms with Crippen LogP contribution >= 0.6 is 11.6 Å². The fourth-order valence-corrected chi connectivity index (χ4v) is 3.69. The van der Waals surface area contributed by atoms with Gasteiger partial charge in [0.2, 0.25) is 5.95 Å². The summed E-state index contributed by atoms with van der Waals surface area (Å²) in [4.78, 5) is 23.9. The predicted octanol–water partition coefficient (Wildman–Crippen LogP) is 3.88. The number of benzene rings is 2. The molecule has 7 nitrogen and oxygen atoms in total. The van der Waals surface area contributed by atoms with Crippen LogP contribution in [0.5, 0.6) is 0 Å². The summed E-state index contributed by atoms with van der Waals surface area (Å²) in [6.07, 6.45) is 0. The van der Waals surface area contributed by atoms with E-state index in [9.17, 15) is 14.3 Å². The first kappa shape index (κ1) is 21.0. The van der Waals surface area contributed by atoms with E-state index in [0.29, 0.717) is 33.3 Å². The molecule has 4 rings (SSSR count). The molecular formula is C22H21ClFN5O2. The number of aliphatic hydroxyl groups excluding tert-OH is 1.